The van der Waals surface area contributed by atoms with Gasteiger partial charge in [0.05, 0.1) is 34.4 Å². The van der Waals surface area contributed by atoms with Crippen molar-refractivity contribution in [2.24, 2.45) is 0 Å². The number of aromatic nitrogens is 1. The Bertz CT molecular complexity index is 992. The van der Waals surface area contributed by atoms with Crippen molar-refractivity contribution in [3.8, 4) is 5.75 Å². The monoisotopic (exact) mass is 409 g/mol. The highest BCUT2D eigenvalue weighted by Gasteiger charge is 2.26. The summed E-state index contributed by atoms with van der Waals surface area (Å²) in [6.45, 7) is 1.36. The van der Waals surface area contributed by atoms with E-state index in [0.29, 0.717) is 30.3 Å². The van der Waals surface area contributed by atoms with E-state index in [-0.39, 0.29) is 18.4 Å². The third kappa shape index (κ3) is 4.24. The number of carbonyl (C=O) groups excluding carboxylic acids is 2. The highest BCUT2D eigenvalue weighted by Crippen LogP contribution is 2.33. The van der Waals surface area contributed by atoms with Gasteiger partial charge in [-0.1, -0.05) is 24.3 Å². The fourth-order valence-electron chi connectivity index (χ4n) is 3.64. The molecule has 0 atom stereocenters. The Hall–Kier alpha value is -2.93. The first kappa shape index (κ1) is 19.4. The predicted molar refractivity (Wildman–Crippen MR) is 114 cm³/mol. The van der Waals surface area contributed by atoms with Gasteiger partial charge in [0, 0.05) is 19.0 Å². The average Bonchev–Trinajstić information content (AvgIpc) is 3.21. The molecule has 7 heteroatoms. The first-order chi connectivity index (χ1) is 14.2. The second-order valence-electron chi connectivity index (χ2n) is 7.06. The van der Waals surface area contributed by atoms with Gasteiger partial charge >= 0.3 is 0 Å². The van der Waals surface area contributed by atoms with Crippen LogP contribution in [0.2, 0.25) is 0 Å². The van der Waals surface area contributed by atoms with Crippen molar-refractivity contribution in [3.05, 3.63) is 59.1 Å². The Morgan fingerprint density at radius 3 is 2.62 bits per heavy atom. The van der Waals surface area contributed by atoms with Crippen LogP contribution in [0.15, 0.2) is 48.5 Å². The maximum absolute atomic E-state index is 12.5. The zero-order chi connectivity index (χ0) is 20.2. The quantitative estimate of drug-likeness (QED) is 0.701. The molecule has 150 valence electrons. The van der Waals surface area contributed by atoms with E-state index >= 15 is 0 Å². The smallest absolute Gasteiger partial charge is 0.255 e. The molecule has 1 N–H and O–H groups in total. The molecule has 0 radical (unpaired) electrons. The third-order valence-electron chi connectivity index (χ3n) is 5.26. The van der Waals surface area contributed by atoms with E-state index in [2.05, 4.69) is 11.4 Å². The number of amides is 2. The summed E-state index contributed by atoms with van der Waals surface area (Å²) >= 11 is 1.75. The summed E-state index contributed by atoms with van der Waals surface area (Å²) in [6, 6.07) is 15.2. The van der Waals surface area contributed by atoms with Crippen LogP contribution in [0.4, 0.5) is 0 Å². The van der Waals surface area contributed by atoms with Crippen molar-refractivity contribution in [3.63, 3.8) is 0 Å². The van der Waals surface area contributed by atoms with Gasteiger partial charge in [-0.3, -0.25) is 9.59 Å². The van der Waals surface area contributed by atoms with Gasteiger partial charge < -0.3 is 15.0 Å². The molecule has 0 aliphatic carbocycles. The Morgan fingerprint density at radius 2 is 1.86 bits per heavy atom. The highest BCUT2D eigenvalue weighted by atomic mass is 32.1. The summed E-state index contributed by atoms with van der Waals surface area (Å²) in [4.78, 5) is 31.5. The van der Waals surface area contributed by atoms with Gasteiger partial charge in [-0.05, 0) is 37.1 Å². The summed E-state index contributed by atoms with van der Waals surface area (Å²) in [5, 5.41) is 3.87. The van der Waals surface area contributed by atoms with Crippen LogP contribution in [0, 0.1) is 0 Å². The Morgan fingerprint density at radius 1 is 1.14 bits per heavy atom. The lowest BCUT2D eigenvalue weighted by molar-refractivity contribution is -0.131. The second kappa shape index (κ2) is 8.61. The summed E-state index contributed by atoms with van der Waals surface area (Å²) in [7, 11) is 1.52. The van der Waals surface area contributed by atoms with Crippen LogP contribution in [0.25, 0.3) is 10.2 Å². The minimum Gasteiger partial charge on any atom is -0.496 e. The van der Waals surface area contributed by atoms with E-state index in [4.69, 9.17) is 9.72 Å². The molecular weight excluding hydrogens is 386 g/mol. The van der Waals surface area contributed by atoms with E-state index < -0.39 is 0 Å². The number of fused-ring (bicyclic) bond motifs is 1. The van der Waals surface area contributed by atoms with Crippen molar-refractivity contribution in [1.82, 2.24) is 15.2 Å². The fourth-order valence-corrected chi connectivity index (χ4v) is 4.77. The van der Waals surface area contributed by atoms with E-state index in [0.717, 1.165) is 23.4 Å². The minimum atomic E-state index is -0.305. The predicted octanol–water partition coefficient (Wildman–Crippen LogP) is 3.44. The number of piperidine rings is 1. The summed E-state index contributed by atoms with van der Waals surface area (Å²) < 4.78 is 6.41. The van der Waals surface area contributed by atoms with Crippen LogP contribution in [0.1, 0.15) is 34.1 Å². The average molecular weight is 410 g/mol. The number of likely N-dealkylation sites (tertiary alicyclic amines) is 1. The number of rotatable bonds is 5. The van der Waals surface area contributed by atoms with E-state index in [1.807, 2.05) is 23.1 Å². The van der Waals surface area contributed by atoms with Gasteiger partial charge in [-0.15, -0.1) is 11.3 Å². The number of hydrogen-bond acceptors (Lipinski definition) is 5. The van der Waals surface area contributed by atoms with Crippen LogP contribution in [0.3, 0.4) is 0 Å². The first-order valence-electron chi connectivity index (χ1n) is 9.70. The zero-order valence-corrected chi connectivity index (χ0v) is 17.1. The Labute approximate surface area is 173 Å². The number of para-hydroxylation sites is 2. The highest BCUT2D eigenvalue weighted by molar-refractivity contribution is 7.18. The van der Waals surface area contributed by atoms with Gasteiger partial charge in [0.25, 0.3) is 5.91 Å². The molecule has 4 rings (SSSR count). The molecule has 2 amide bonds. The molecule has 1 aliphatic heterocycles. The van der Waals surface area contributed by atoms with Crippen molar-refractivity contribution < 1.29 is 14.3 Å². The normalized spacial score (nSPS) is 14.7. The molecule has 0 bridgehead atoms. The van der Waals surface area contributed by atoms with E-state index in [1.54, 1.807) is 35.6 Å². The topological polar surface area (TPSA) is 71.5 Å². The van der Waals surface area contributed by atoms with Gasteiger partial charge in [0.1, 0.15) is 5.75 Å². The van der Waals surface area contributed by atoms with Gasteiger partial charge in [-0.25, -0.2) is 4.98 Å². The van der Waals surface area contributed by atoms with Gasteiger partial charge in [-0.2, -0.15) is 0 Å². The first-order valence-corrected chi connectivity index (χ1v) is 10.5. The number of nitrogens with one attached hydrogen (secondary N) is 1. The third-order valence-corrected chi connectivity index (χ3v) is 6.46. The molecule has 1 fully saturated rings. The largest absolute Gasteiger partial charge is 0.496 e. The Kier molecular flexibility index (Phi) is 5.76. The number of nitrogens with zero attached hydrogens (tertiary/aromatic N) is 2. The molecule has 0 spiro atoms. The standard InChI is InChI=1S/C22H23N3O3S/c1-28-18-8-4-2-6-16(18)21(27)23-14-20(26)25-12-10-15(11-13-25)22-24-17-7-3-5-9-19(17)29-22/h2-9,15H,10-14H2,1H3,(H,23,27). The van der Waals surface area contributed by atoms with Gasteiger partial charge in [0.15, 0.2) is 0 Å². The molecule has 2 heterocycles. The maximum Gasteiger partial charge on any atom is 0.255 e. The number of ether oxygens (including phenoxy) is 1. The molecule has 29 heavy (non-hydrogen) atoms. The zero-order valence-electron chi connectivity index (χ0n) is 16.3. The number of carbonyl (C=O) groups is 2. The van der Waals surface area contributed by atoms with Crippen LogP contribution in [-0.2, 0) is 4.79 Å². The molecule has 0 saturated carbocycles. The lowest BCUT2D eigenvalue weighted by atomic mass is 9.97. The lowest BCUT2D eigenvalue weighted by Crippen LogP contribution is -2.43. The SMILES string of the molecule is COc1ccccc1C(=O)NCC(=O)N1CCC(c2nc3ccccc3s2)CC1. The molecule has 2 aromatic carbocycles. The summed E-state index contributed by atoms with van der Waals surface area (Å²) in [5.74, 6) is 0.518. The molecule has 3 aromatic rings. The summed E-state index contributed by atoms with van der Waals surface area (Å²) in [6.07, 6.45) is 1.79. The summed E-state index contributed by atoms with van der Waals surface area (Å²) in [5.41, 5.74) is 1.47. The molecule has 1 aliphatic rings. The second-order valence-corrected chi connectivity index (χ2v) is 8.12. The van der Waals surface area contributed by atoms with Crippen LogP contribution < -0.4 is 10.1 Å². The minimum absolute atomic E-state index is 0.0112. The number of methoxy groups -OCH3 is 1. The van der Waals surface area contributed by atoms with Crippen molar-refractivity contribution in [1.29, 1.82) is 0 Å². The number of hydrogen-bond donors (Lipinski definition) is 1. The van der Waals surface area contributed by atoms with Crippen LogP contribution in [0.5, 0.6) is 5.75 Å². The Balaban J connectivity index is 1.30. The molecular formula is C22H23N3O3S. The van der Waals surface area contributed by atoms with E-state index in [9.17, 15) is 9.59 Å². The lowest BCUT2D eigenvalue weighted by Gasteiger charge is -2.31. The van der Waals surface area contributed by atoms with Crippen LogP contribution in [-0.4, -0.2) is 48.4 Å². The van der Waals surface area contributed by atoms with Crippen molar-refractivity contribution >= 4 is 33.4 Å². The van der Waals surface area contributed by atoms with E-state index in [1.165, 1.54) is 11.8 Å². The fraction of sp³-hybridized carbons (Fsp3) is 0.318. The molecule has 0 unspecified atom stereocenters. The molecule has 6 nitrogen and oxygen atoms in total. The van der Waals surface area contributed by atoms with Crippen molar-refractivity contribution in [2.45, 2.75) is 18.8 Å². The molecule has 1 saturated heterocycles. The number of benzene rings is 2. The number of thiazole rings is 1. The maximum atomic E-state index is 12.5. The van der Waals surface area contributed by atoms with Crippen molar-refractivity contribution in [2.75, 3.05) is 26.7 Å². The van der Waals surface area contributed by atoms with Crippen LogP contribution >= 0.6 is 11.3 Å². The van der Waals surface area contributed by atoms with Gasteiger partial charge in [0.2, 0.25) is 5.91 Å². The molecule has 1 aromatic heterocycles.